The summed E-state index contributed by atoms with van der Waals surface area (Å²) in [6.07, 6.45) is 5.25. The molecular weight excluding hydrogens is 350 g/mol. The number of nitrogens with zero attached hydrogens (tertiary/aromatic N) is 3. The lowest BCUT2D eigenvalue weighted by molar-refractivity contribution is 0.483. The Hall–Kier alpha value is -3.93. The highest BCUT2D eigenvalue weighted by Gasteiger charge is 2.02. The van der Waals surface area contributed by atoms with Crippen molar-refractivity contribution in [2.75, 3.05) is 10.6 Å². The fourth-order valence-corrected chi connectivity index (χ4v) is 2.57. The number of pyridine rings is 1. The molecule has 2 heterocycles. The summed E-state index contributed by atoms with van der Waals surface area (Å²) >= 11 is 0. The van der Waals surface area contributed by atoms with Gasteiger partial charge < -0.3 is 15.4 Å². The Balaban J connectivity index is 1.37. The molecule has 0 atom stereocenters. The number of anilines is 3. The molecule has 0 saturated carbocycles. The second kappa shape index (κ2) is 8.64. The Morgan fingerprint density at radius 2 is 1.50 bits per heavy atom. The number of hydrogen-bond acceptors (Lipinski definition) is 6. The highest BCUT2D eigenvalue weighted by Crippen LogP contribution is 2.24. The average Bonchev–Trinajstić information content (AvgIpc) is 2.76. The van der Waals surface area contributed by atoms with Gasteiger partial charge in [-0.25, -0.2) is 4.98 Å². The maximum Gasteiger partial charge on any atom is 0.224 e. The van der Waals surface area contributed by atoms with Crippen LogP contribution in [0.2, 0.25) is 0 Å². The molecule has 0 bridgehead atoms. The molecule has 2 aromatic carbocycles. The Bertz CT molecular complexity index is 1010. The molecular formula is C22H19N5O. The van der Waals surface area contributed by atoms with Crippen molar-refractivity contribution >= 4 is 17.5 Å². The van der Waals surface area contributed by atoms with Gasteiger partial charge in [0, 0.05) is 30.8 Å². The van der Waals surface area contributed by atoms with E-state index < -0.39 is 0 Å². The highest BCUT2D eigenvalue weighted by molar-refractivity contribution is 5.58. The monoisotopic (exact) mass is 369 g/mol. The minimum Gasteiger partial charge on any atom is -0.457 e. The smallest absolute Gasteiger partial charge is 0.224 e. The Kier molecular flexibility index (Phi) is 5.39. The van der Waals surface area contributed by atoms with Crippen molar-refractivity contribution in [2.24, 2.45) is 0 Å². The molecule has 0 aliphatic rings. The van der Waals surface area contributed by atoms with Crippen molar-refractivity contribution in [3.05, 3.63) is 97.0 Å². The lowest BCUT2D eigenvalue weighted by Gasteiger charge is -2.10. The third kappa shape index (κ3) is 4.82. The van der Waals surface area contributed by atoms with Crippen molar-refractivity contribution in [1.29, 1.82) is 0 Å². The van der Waals surface area contributed by atoms with Gasteiger partial charge in [0.15, 0.2) is 0 Å². The number of para-hydroxylation sites is 1. The number of aromatic nitrogens is 3. The van der Waals surface area contributed by atoms with Gasteiger partial charge >= 0.3 is 0 Å². The lowest BCUT2D eigenvalue weighted by Crippen LogP contribution is -2.05. The first kappa shape index (κ1) is 17.5. The molecule has 4 rings (SSSR count). The Labute approximate surface area is 163 Å². The molecule has 0 saturated heterocycles. The minimum absolute atomic E-state index is 0.561. The molecule has 0 amide bonds. The van der Waals surface area contributed by atoms with E-state index in [4.69, 9.17) is 4.74 Å². The summed E-state index contributed by atoms with van der Waals surface area (Å²) in [5.74, 6) is 2.86. The normalized spacial score (nSPS) is 10.3. The summed E-state index contributed by atoms with van der Waals surface area (Å²) in [5, 5.41) is 6.49. The van der Waals surface area contributed by atoms with Crippen molar-refractivity contribution in [3.8, 4) is 11.5 Å². The quantitative estimate of drug-likeness (QED) is 0.477. The summed E-state index contributed by atoms with van der Waals surface area (Å²) in [4.78, 5) is 12.8. The van der Waals surface area contributed by atoms with Crippen LogP contribution < -0.4 is 15.4 Å². The number of ether oxygens (including phenoxy) is 1. The van der Waals surface area contributed by atoms with Gasteiger partial charge in [-0.15, -0.1) is 0 Å². The van der Waals surface area contributed by atoms with Gasteiger partial charge in [0.25, 0.3) is 0 Å². The van der Waals surface area contributed by atoms with Crippen LogP contribution in [0.25, 0.3) is 0 Å². The average molecular weight is 369 g/mol. The first-order chi connectivity index (χ1) is 13.8. The summed E-state index contributed by atoms with van der Waals surface area (Å²) in [5.41, 5.74) is 2.03. The van der Waals surface area contributed by atoms with Crippen molar-refractivity contribution in [1.82, 2.24) is 15.0 Å². The molecule has 0 unspecified atom stereocenters. The summed E-state index contributed by atoms with van der Waals surface area (Å²) in [7, 11) is 0. The van der Waals surface area contributed by atoms with Crippen LogP contribution in [0, 0.1) is 0 Å². The van der Waals surface area contributed by atoms with Gasteiger partial charge in [0.05, 0.1) is 0 Å². The zero-order valence-electron chi connectivity index (χ0n) is 15.1. The van der Waals surface area contributed by atoms with Crippen LogP contribution in [0.1, 0.15) is 5.56 Å². The molecule has 6 heteroatoms. The third-order valence-electron chi connectivity index (χ3n) is 3.96. The Morgan fingerprint density at radius 1 is 0.750 bits per heavy atom. The van der Waals surface area contributed by atoms with Crippen LogP contribution in [0.4, 0.5) is 17.5 Å². The molecule has 0 aliphatic heterocycles. The van der Waals surface area contributed by atoms with Crippen molar-refractivity contribution in [2.45, 2.75) is 6.54 Å². The first-order valence-corrected chi connectivity index (χ1v) is 8.91. The second-order valence-electron chi connectivity index (χ2n) is 6.04. The maximum absolute atomic E-state index is 5.81. The maximum atomic E-state index is 5.81. The predicted octanol–water partition coefficient (Wildman–Crippen LogP) is 5.02. The molecule has 0 spiro atoms. The van der Waals surface area contributed by atoms with E-state index in [1.165, 1.54) is 0 Å². The van der Waals surface area contributed by atoms with Gasteiger partial charge in [0.1, 0.15) is 17.3 Å². The van der Waals surface area contributed by atoms with E-state index in [1.54, 1.807) is 18.6 Å². The minimum atomic E-state index is 0.561. The van der Waals surface area contributed by atoms with Crippen LogP contribution in [0.3, 0.4) is 0 Å². The molecule has 138 valence electrons. The van der Waals surface area contributed by atoms with Crippen molar-refractivity contribution in [3.63, 3.8) is 0 Å². The third-order valence-corrected chi connectivity index (χ3v) is 3.96. The van der Waals surface area contributed by atoms with Crippen LogP contribution in [-0.4, -0.2) is 15.0 Å². The molecule has 2 aromatic heterocycles. The zero-order valence-corrected chi connectivity index (χ0v) is 15.1. The molecule has 0 radical (unpaired) electrons. The van der Waals surface area contributed by atoms with E-state index in [0.29, 0.717) is 18.3 Å². The predicted molar refractivity (Wildman–Crippen MR) is 110 cm³/mol. The van der Waals surface area contributed by atoms with E-state index >= 15 is 0 Å². The lowest BCUT2D eigenvalue weighted by atomic mass is 10.3. The standard InChI is InChI=1S/C22H19N5O/c1-2-4-19(5-3-1)28-20-8-6-18(7-9-20)26-21-12-15-24-22(27-21)25-16-17-10-13-23-14-11-17/h1-15H,16H2,(H2,24,25,26,27). The van der Waals surface area contributed by atoms with E-state index in [9.17, 15) is 0 Å². The zero-order chi connectivity index (χ0) is 19.0. The molecule has 28 heavy (non-hydrogen) atoms. The van der Waals surface area contributed by atoms with Crippen LogP contribution >= 0.6 is 0 Å². The van der Waals surface area contributed by atoms with Gasteiger partial charge in [-0.05, 0) is 60.2 Å². The number of benzene rings is 2. The van der Waals surface area contributed by atoms with E-state index in [1.807, 2.05) is 72.8 Å². The van der Waals surface area contributed by atoms with Gasteiger partial charge in [-0.1, -0.05) is 18.2 Å². The van der Waals surface area contributed by atoms with Crippen molar-refractivity contribution < 1.29 is 4.74 Å². The molecule has 6 nitrogen and oxygen atoms in total. The van der Waals surface area contributed by atoms with E-state index in [-0.39, 0.29) is 0 Å². The summed E-state index contributed by atoms with van der Waals surface area (Å²) in [6, 6.07) is 23.2. The Morgan fingerprint density at radius 3 is 2.29 bits per heavy atom. The number of hydrogen-bond donors (Lipinski definition) is 2. The van der Waals surface area contributed by atoms with E-state index in [0.717, 1.165) is 22.7 Å². The van der Waals surface area contributed by atoms with E-state index in [2.05, 4.69) is 25.6 Å². The van der Waals surface area contributed by atoms with Crippen LogP contribution in [0.15, 0.2) is 91.4 Å². The number of rotatable bonds is 7. The topological polar surface area (TPSA) is 72.0 Å². The number of nitrogens with one attached hydrogen (secondary N) is 2. The van der Waals surface area contributed by atoms with Gasteiger partial charge in [-0.2, -0.15) is 4.98 Å². The summed E-state index contributed by atoms with van der Waals surface area (Å²) in [6.45, 7) is 0.636. The molecule has 0 aliphatic carbocycles. The molecule has 4 aromatic rings. The second-order valence-corrected chi connectivity index (χ2v) is 6.04. The van der Waals surface area contributed by atoms with Gasteiger partial charge in [0.2, 0.25) is 5.95 Å². The highest BCUT2D eigenvalue weighted by atomic mass is 16.5. The molecule has 2 N–H and O–H groups in total. The first-order valence-electron chi connectivity index (χ1n) is 8.91. The fourth-order valence-electron chi connectivity index (χ4n) is 2.57. The SMILES string of the molecule is c1ccc(Oc2ccc(Nc3ccnc(NCc4ccncc4)n3)cc2)cc1. The van der Waals surface area contributed by atoms with Gasteiger partial charge in [-0.3, -0.25) is 4.98 Å². The molecule has 0 fully saturated rings. The largest absolute Gasteiger partial charge is 0.457 e. The summed E-state index contributed by atoms with van der Waals surface area (Å²) < 4.78 is 5.81. The fraction of sp³-hybridized carbons (Fsp3) is 0.0455. The van der Waals surface area contributed by atoms with Crippen LogP contribution in [-0.2, 0) is 6.54 Å². The van der Waals surface area contributed by atoms with Crippen LogP contribution in [0.5, 0.6) is 11.5 Å².